The number of hydrogen-bond acceptors (Lipinski definition) is 5. The number of unbranched alkanes of at least 4 members (excludes halogenated alkanes) is 1. The number of primary amides is 1. The van der Waals surface area contributed by atoms with E-state index < -0.39 is 12.1 Å². The van der Waals surface area contributed by atoms with Gasteiger partial charge in [-0.15, -0.1) is 0 Å². The highest BCUT2D eigenvalue weighted by atomic mass is 127. The van der Waals surface area contributed by atoms with E-state index in [2.05, 4.69) is 62.3 Å². The molecule has 1 rings (SSSR count). The maximum Gasteiger partial charge on any atom is 0.421 e. The van der Waals surface area contributed by atoms with E-state index >= 15 is 0 Å². The van der Waals surface area contributed by atoms with Gasteiger partial charge in [0.1, 0.15) is 6.11 Å². The van der Waals surface area contributed by atoms with Crippen molar-refractivity contribution in [2.45, 2.75) is 19.8 Å². The third-order valence-corrected chi connectivity index (χ3v) is 2.59. The Bertz CT molecular complexity index is 364. The molecule has 0 aliphatic carbocycles. The lowest BCUT2D eigenvalue weighted by Gasteiger charge is -2.12. The van der Waals surface area contributed by atoms with Crippen molar-refractivity contribution in [3.8, 4) is 12.0 Å². The van der Waals surface area contributed by atoms with E-state index in [4.69, 9.17) is 5.73 Å². The predicted octanol–water partition coefficient (Wildman–Crippen LogP) is 0.341. The minimum Gasteiger partial charge on any atom is -0.356 e. The number of rotatable bonds is 4. The Kier molecular flexibility index (Phi) is 12.9. The van der Waals surface area contributed by atoms with Crippen molar-refractivity contribution in [2.75, 3.05) is 30.7 Å². The zero-order chi connectivity index (χ0) is 15.9. The molecule has 120 valence electrons. The lowest BCUT2D eigenvalue weighted by atomic mass is 10.3. The first-order valence-electron chi connectivity index (χ1n) is 6.60. The molecule has 8 nitrogen and oxygen atoms in total. The Morgan fingerprint density at radius 2 is 2.29 bits per heavy atom. The van der Waals surface area contributed by atoms with Crippen LogP contribution < -0.4 is 21.8 Å². The number of alkyl halides is 1. The third-order valence-electron chi connectivity index (χ3n) is 2.21. The molecule has 0 aromatic rings. The number of carbonyl (C=O) groups is 2. The molecule has 0 atom stereocenters. The standard InChI is InChI=1S/C8H12INO2.C4H10N4O/c1-2-3-6-10-8(11)12-7-4-5-9;5-4(9)7-8-2-1-6-3-8/h2-3,5-6H2,1H3,(H,10,11);6H,1-3H2,(H3,5,7,9). The predicted molar refractivity (Wildman–Crippen MR) is 88.3 cm³/mol. The average Bonchev–Trinajstić information content (AvgIpc) is 2.92. The maximum absolute atomic E-state index is 10.8. The number of ether oxygens (including phenoxy) is 1. The fraction of sp³-hybridized carbons (Fsp3) is 0.667. The van der Waals surface area contributed by atoms with Crippen LogP contribution in [0.2, 0.25) is 0 Å². The second kappa shape index (κ2) is 13.7. The van der Waals surface area contributed by atoms with Gasteiger partial charge in [-0.1, -0.05) is 35.9 Å². The third kappa shape index (κ3) is 13.5. The van der Waals surface area contributed by atoms with Crippen molar-refractivity contribution in [1.29, 1.82) is 0 Å². The molecule has 21 heavy (non-hydrogen) atoms. The Morgan fingerprint density at radius 1 is 1.52 bits per heavy atom. The van der Waals surface area contributed by atoms with Crippen molar-refractivity contribution in [1.82, 2.24) is 21.1 Å². The maximum atomic E-state index is 10.8. The number of nitrogens with one attached hydrogen (secondary N) is 3. The molecule has 0 bridgehead atoms. The van der Waals surface area contributed by atoms with E-state index in [1.165, 1.54) is 0 Å². The SMILES string of the molecule is CCCCNC(=O)OC#CCI.NC(=O)NN1CCNC1. The van der Waals surface area contributed by atoms with Gasteiger partial charge in [0.2, 0.25) is 0 Å². The van der Waals surface area contributed by atoms with Crippen LogP contribution in [0.5, 0.6) is 0 Å². The summed E-state index contributed by atoms with van der Waals surface area (Å²) in [5.74, 6) is 2.62. The molecule has 0 spiro atoms. The molecule has 0 aromatic heterocycles. The normalized spacial score (nSPS) is 13.2. The highest BCUT2D eigenvalue weighted by Gasteiger charge is 2.10. The van der Waals surface area contributed by atoms with Gasteiger partial charge in [0.15, 0.2) is 0 Å². The Labute approximate surface area is 138 Å². The average molecular weight is 411 g/mol. The van der Waals surface area contributed by atoms with Crippen molar-refractivity contribution in [3.05, 3.63) is 0 Å². The minimum absolute atomic E-state index is 0.458. The number of halogens is 1. The van der Waals surface area contributed by atoms with E-state index in [0.29, 0.717) is 17.6 Å². The zero-order valence-electron chi connectivity index (χ0n) is 12.1. The van der Waals surface area contributed by atoms with Gasteiger partial charge in [-0.2, -0.15) is 0 Å². The second-order valence-corrected chi connectivity index (χ2v) is 4.74. The molecule has 0 unspecified atom stereocenters. The van der Waals surface area contributed by atoms with Crippen LogP contribution in [0, 0.1) is 12.0 Å². The molecular weight excluding hydrogens is 389 g/mol. The van der Waals surface area contributed by atoms with Gasteiger partial charge in [0.25, 0.3) is 0 Å². The van der Waals surface area contributed by atoms with Gasteiger partial charge < -0.3 is 21.1 Å². The topological polar surface area (TPSA) is 109 Å². The van der Waals surface area contributed by atoms with Crippen molar-refractivity contribution < 1.29 is 14.3 Å². The molecule has 3 amide bonds. The summed E-state index contributed by atoms with van der Waals surface area (Å²) < 4.78 is 5.18. The first kappa shape index (κ1) is 19.8. The van der Waals surface area contributed by atoms with Gasteiger partial charge in [0.05, 0.1) is 11.1 Å². The number of nitrogens with zero attached hydrogens (tertiary/aromatic N) is 1. The molecule has 9 heteroatoms. The van der Waals surface area contributed by atoms with E-state index in [1.54, 1.807) is 5.01 Å². The summed E-state index contributed by atoms with van der Waals surface area (Å²) in [5, 5.41) is 7.33. The molecule has 0 aromatic carbocycles. The molecule has 1 fully saturated rings. The zero-order valence-corrected chi connectivity index (χ0v) is 14.2. The summed E-state index contributed by atoms with van der Waals surface area (Å²) in [4.78, 5) is 21.0. The molecule has 5 N–H and O–H groups in total. The number of hydrazine groups is 1. The van der Waals surface area contributed by atoms with Crippen LogP contribution in [0.4, 0.5) is 9.59 Å². The van der Waals surface area contributed by atoms with E-state index in [0.717, 1.165) is 25.9 Å². The van der Waals surface area contributed by atoms with Gasteiger partial charge in [-0.25, -0.2) is 14.6 Å². The summed E-state index contributed by atoms with van der Waals surface area (Å²) in [6, 6.07) is -0.501. The number of hydrogen-bond donors (Lipinski definition) is 4. The number of urea groups is 1. The second-order valence-electron chi connectivity index (χ2n) is 3.98. The number of amides is 3. The number of alkyl carbamates (subject to hydrolysis) is 1. The molecule has 1 saturated heterocycles. The molecular formula is C12H22IN5O3. The summed E-state index contributed by atoms with van der Waals surface area (Å²) in [7, 11) is 0. The van der Waals surface area contributed by atoms with Gasteiger partial charge in [-0.3, -0.25) is 5.43 Å². The van der Waals surface area contributed by atoms with Crippen LogP contribution in [0.1, 0.15) is 19.8 Å². The monoisotopic (exact) mass is 411 g/mol. The fourth-order valence-electron chi connectivity index (χ4n) is 1.27. The molecule has 1 aliphatic heterocycles. The summed E-state index contributed by atoms with van der Waals surface area (Å²) >= 11 is 2.08. The van der Waals surface area contributed by atoms with Gasteiger partial charge >= 0.3 is 12.1 Å². The van der Waals surface area contributed by atoms with Crippen LogP contribution in [0.25, 0.3) is 0 Å². The molecule has 0 saturated carbocycles. The fourth-order valence-corrected chi connectivity index (χ4v) is 1.43. The number of carbonyl (C=O) groups excluding carboxylic acids is 2. The van der Waals surface area contributed by atoms with E-state index in [1.807, 2.05) is 0 Å². The smallest absolute Gasteiger partial charge is 0.356 e. The molecule has 0 radical (unpaired) electrons. The van der Waals surface area contributed by atoms with Crippen molar-refractivity contribution in [3.63, 3.8) is 0 Å². The van der Waals surface area contributed by atoms with Crippen LogP contribution in [0.15, 0.2) is 0 Å². The Morgan fingerprint density at radius 3 is 2.81 bits per heavy atom. The Hall–Kier alpha value is -1.25. The lowest BCUT2D eigenvalue weighted by Crippen LogP contribution is -2.44. The lowest BCUT2D eigenvalue weighted by molar-refractivity contribution is 0.191. The van der Waals surface area contributed by atoms with Crippen molar-refractivity contribution >= 4 is 34.7 Å². The van der Waals surface area contributed by atoms with E-state index in [-0.39, 0.29) is 0 Å². The van der Waals surface area contributed by atoms with Crippen LogP contribution >= 0.6 is 22.6 Å². The molecule has 1 aliphatic rings. The minimum atomic E-state index is -0.501. The summed E-state index contributed by atoms with van der Waals surface area (Å²) in [6.45, 7) is 5.12. The van der Waals surface area contributed by atoms with Crippen LogP contribution in [-0.2, 0) is 4.74 Å². The first-order valence-corrected chi connectivity index (χ1v) is 8.13. The number of nitrogens with two attached hydrogens (primary N) is 1. The highest BCUT2D eigenvalue weighted by molar-refractivity contribution is 14.1. The highest BCUT2D eigenvalue weighted by Crippen LogP contribution is 1.84. The van der Waals surface area contributed by atoms with Crippen LogP contribution in [-0.4, -0.2) is 47.9 Å². The Balaban J connectivity index is 0.000000394. The summed E-state index contributed by atoms with van der Waals surface area (Å²) in [6.07, 6.45) is 3.86. The van der Waals surface area contributed by atoms with Gasteiger partial charge in [0, 0.05) is 19.6 Å². The van der Waals surface area contributed by atoms with Crippen LogP contribution in [0.3, 0.4) is 0 Å². The van der Waals surface area contributed by atoms with Gasteiger partial charge in [-0.05, 0) is 12.3 Å². The van der Waals surface area contributed by atoms with E-state index in [9.17, 15) is 9.59 Å². The van der Waals surface area contributed by atoms with Crippen molar-refractivity contribution in [2.24, 2.45) is 5.73 Å². The quantitative estimate of drug-likeness (QED) is 0.231. The largest absolute Gasteiger partial charge is 0.421 e. The summed E-state index contributed by atoms with van der Waals surface area (Å²) in [5.41, 5.74) is 7.30. The molecule has 1 heterocycles. The first-order chi connectivity index (χ1) is 10.1.